The number of hydrogen-bond acceptors (Lipinski definition) is 4. The Bertz CT molecular complexity index is 506. The predicted octanol–water partition coefficient (Wildman–Crippen LogP) is 2.46. The second-order valence-corrected chi connectivity index (χ2v) is 4.49. The molecular weight excluding hydrogens is 222 g/mol. The number of methoxy groups -OCH3 is 1. The Labute approximate surface area is 97.8 Å². The molecule has 0 aliphatic heterocycles. The molecule has 1 aromatic carbocycles. The lowest BCUT2D eigenvalue weighted by Crippen LogP contribution is -2.15. The van der Waals surface area contributed by atoms with Crippen molar-refractivity contribution in [1.82, 2.24) is 0 Å². The number of rotatable bonds is 3. The molecule has 2 N–H and O–H groups in total. The summed E-state index contributed by atoms with van der Waals surface area (Å²) in [5.41, 5.74) is 7.01. The maximum Gasteiger partial charge on any atom is 0.307 e. The number of esters is 1. The van der Waals surface area contributed by atoms with Gasteiger partial charge in [-0.1, -0.05) is 18.2 Å². The molecule has 84 valence electrons. The molecule has 0 unspecified atom stereocenters. The second kappa shape index (κ2) is 4.63. The second-order valence-electron chi connectivity index (χ2n) is 3.57. The zero-order valence-corrected chi connectivity index (χ0v) is 9.79. The van der Waals surface area contributed by atoms with Gasteiger partial charge in [-0.2, -0.15) is 0 Å². The molecule has 0 spiro atoms. The fourth-order valence-electron chi connectivity index (χ4n) is 1.66. The third-order valence-electron chi connectivity index (χ3n) is 2.52. The van der Waals surface area contributed by atoms with Gasteiger partial charge in [-0.25, -0.2) is 0 Å². The minimum Gasteiger partial charge on any atom is -0.469 e. The van der Waals surface area contributed by atoms with E-state index in [0.29, 0.717) is 0 Å². The first-order valence-corrected chi connectivity index (χ1v) is 5.89. The summed E-state index contributed by atoms with van der Waals surface area (Å²) in [6.07, 6.45) is 0.219. The van der Waals surface area contributed by atoms with Crippen LogP contribution in [0.15, 0.2) is 29.6 Å². The SMILES string of the molecule is COC(=O)C[C@H](N)c1csc2ccccc12. The maximum atomic E-state index is 11.2. The molecule has 0 aliphatic rings. The summed E-state index contributed by atoms with van der Waals surface area (Å²) in [7, 11) is 1.38. The molecule has 3 nitrogen and oxygen atoms in total. The summed E-state index contributed by atoms with van der Waals surface area (Å²) in [6.45, 7) is 0. The van der Waals surface area contributed by atoms with Crippen LogP contribution in [0.3, 0.4) is 0 Å². The van der Waals surface area contributed by atoms with Crippen LogP contribution in [0.5, 0.6) is 0 Å². The van der Waals surface area contributed by atoms with Gasteiger partial charge >= 0.3 is 5.97 Å². The van der Waals surface area contributed by atoms with Crippen LogP contribution in [0.2, 0.25) is 0 Å². The molecule has 2 rings (SSSR count). The minimum atomic E-state index is -0.288. The standard InChI is InChI=1S/C12H13NO2S/c1-15-12(14)6-10(13)9-7-16-11-5-3-2-4-8(9)11/h2-5,7,10H,6,13H2,1H3/t10-/m0/s1. The van der Waals surface area contributed by atoms with Gasteiger partial charge in [0.2, 0.25) is 0 Å². The minimum absolute atomic E-state index is 0.219. The Morgan fingerprint density at radius 3 is 3.00 bits per heavy atom. The van der Waals surface area contributed by atoms with E-state index in [1.54, 1.807) is 11.3 Å². The molecule has 2 aromatic rings. The van der Waals surface area contributed by atoms with Crippen LogP contribution in [-0.2, 0) is 9.53 Å². The molecule has 16 heavy (non-hydrogen) atoms. The van der Waals surface area contributed by atoms with E-state index in [-0.39, 0.29) is 18.4 Å². The molecular formula is C12H13NO2S. The number of nitrogens with two attached hydrogens (primary N) is 1. The van der Waals surface area contributed by atoms with Crippen LogP contribution >= 0.6 is 11.3 Å². The van der Waals surface area contributed by atoms with E-state index in [9.17, 15) is 4.79 Å². The van der Waals surface area contributed by atoms with E-state index >= 15 is 0 Å². The van der Waals surface area contributed by atoms with Crippen molar-refractivity contribution in [2.75, 3.05) is 7.11 Å². The highest BCUT2D eigenvalue weighted by molar-refractivity contribution is 7.17. The lowest BCUT2D eigenvalue weighted by Gasteiger charge is -2.08. The Balaban J connectivity index is 2.29. The molecule has 1 aromatic heterocycles. The topological polar surface area (TPSA) is 52.3 Å². The Kier molecular flexibility index (Phi) is 3.22. The van der Waals surface area contributed by atoms with Gasteiger partial charge in [-0.3, -0.25) is 4.79 Å². The van der Waals surface area contributed by atoms with Crippen LogP contribution in [-0.4, -0.2) is 13.1 Å². The number of ether oxygens (including phenoxy) is 1. The molecule has 0 fully saturated rings. The fraction of sp³-hybridized carbons (Fsp3) is 0.250. The van der Waals surface area contributed by atoms with Crippen molar-refractivity contribution < 1.29 is 9.53 Å². The zero-order chi connectivity index (χ0) is 11.5. The summed E-state index contributed by atoms with van der Waals surface area (Å²) in [5.74, 6) is -0.275. The molecule has 4 heteroatoms. The Morgan fingerprint density at radius 2 is 2.25 bits per heavy atom. The van der Waals surface area contributed by atoms with E-state index in [1.807, 2.05) is 29.6 Å². The average Bonchev–Trinajstić information content (AvgIpc) is 2.72. The van der Waals surface area contributed by atoms with Gasteiger partial charge < -0.3 is 10.5 Å². The van der Waals surface area contributed by atoms with Crippen molar-refractivity contribution in [2.24, 2.45) is 5.73 Å². The summed E-state index contributed by atoms with van der Waals surface area (Å²) < 4.78 is 5.81. The maximum absolute atomic E-state index is 11.2. The number of hydrogen-bond donors (Lipinski definition) is 1. The lowest BCUT2D eigenvalue weighted by molar-refractivity contribution is -0.141. The molecule has 0 amide bonds. The molecule has 0 bridgehead atoms. The van der Waals surface area contributed by atoms with Gasteiger partial charge in [0.05, 0.1) is 13.5 Å². The van der Waals surface area contributed by atoms with E-state index in [4.69, 9.17) is 5.73 Å². The molecule has 0 radical (unpaired) electrons. The van der Waals surface area contributed by atoms with Gasteiger partial charge in [0.25, 0.3) is 0 Å². The first-order valence-electron chi connectivity index (χ1n) is 5.01. The predicted molar refractivity (Wildman–Crippen MR) is 65.4 cm³/mol. The van der Waals surface area contributed by atoms with Gasteiger partial charge in [-0.15, -0.1) is 11.3 Å². The van der Waals surface area contributed by atoms with Crippen molar-refractivity contribution in [3.05, 3.63) is 35.2 Å². The Morgan fingerprint density at radius 1 is 1.50 bits per heavy atom. The molecule has 0 saturated heterocycles. The monoisotopic (exact) mass is 235 g/mol. The van der Waals surface area contributed by atoms with Gasteiger partial charge in [-0.05, 0) is 22.4 Å². The van der Waals surface area contributed by atoms with Crippen molar-refractivity contribution in [3.8, 4) is 0 Å². The van der Waals surface area contributed by atoms with Crippen molar-refractivity contribution in [2.45, 2.75) is 12.5 Å². The van der Waals surface area contributed by atoms with Crippen LogP contribution in [0.25, 0.3) is 10.1 Å². The zero-order valence-electron chi connectivity index (χ0n) is 8.97. The van der Waals surface area contributed by atoms with Crippen LogP contribution < -0.4 is 5.73 Å². The van der Waals surface area contributed by atoms with Crippen LogP contribution in [0, 0.1) is 0 Å². The van der Waals surface area contributed by atoms with Gasteiger partial charge in [0.1, 0.15) is 0 Å². The van der Waals surface area contributed by atoms with Crippen molar-refractivity contribution in [3.63, 3.8) is 0 Å². The average molecular weight is 235 g/mol. The number of carbonyl (C=O) groups is 1. The summed E-state index contributed by atoms with van der Waals surface area (Å²) in [5, 5.41) is 3.14. The van der Waals surface area contributed by atoms with Crippen molar-refractivity contribution >= 4 is 27.4 Å². The van der Waals surface area contributed by atoms with E-state index in [0.717, 1.165) is 10.9 Å². The van der Waals surface area contributed by atoms with Gasteiger partial charge in [0, 0.05) is 10.7 Å². The number of benzene rings is 1. The highest BCUT2D eigenvalue weighted by Gasteiger charge is 2.15. The third kappa shape index (κ3) is 2.08. The van der Waals surface area contributed by atoms with E-state index < -0.39 is 0 Å². The smallest absolute Gasteiger partial charge is 0.307 e. The van der Waals surface area contributed by atoms with Crippen molar-refractivity contribution in [1.29, 1.82) is 0 Å². The number of carbonyl (C=O) groups excluding carboxylic acids is 1. The molecule has 1 atom stereocenters. The van der Waals surface area contributed by atoms with Crippen LogP contribution in [0.1, 0.15) is 18.0 Å². The first kappa shape index (κ1) is 11.1. The lowest BCUT2D eigenvalue weighted by atomic mass is 10.0. The Hall–Kier alpha value is -1.39. The molecule has 0 saturated carbocycles. The number of thiophene rings is 1. The summed E-state index contributed by atoms with van der Waals surface area (Å²) in [6, 6.07) is 7.76. The fourth-order valence-corrected chi connectivity index (χ4v) is 2.68. The molecule has 0 aliphatic carbocycles. The highest BCUT2D eigenvalue weighted by Crippen LogP contribution is 2.30. The quantitative estimate of drug-likeness (QED) is 0.831. The molecule has 1 heterocycles. The first-order chi connectivity index (χ1) is 7.72. The van der Waals surface area contributed by atoms with Crippen LogP contribution in [0.4, 0.5) is 0 Å². The largest absolute Gasteiger partial charge is 0.469 e. The summed E-state index contributed by atoms with van der Waals surface area (Å²) >= 11 is 1.64. The third-order valence-corrected chi connectivity index (χ3v) is 3.51. The number of fused-ring (bicyclic) bond motifs is 1. The van der Waals surface area contributed by atoms with Gasteiger partial charge in [0.15, 0.2) is 0 Å². The van der Waals surface area contributed by atoms with E-state index in [1.165, 1.54) is 11.8 Å². The highest BCUT2D eigenvalue weighted by atomic mass is 32.1. The summed E-state index contributed by atoms with van der Waals surface area (Å²) in [4.78, 5) is 11.2. The normalized spacial score (nSPS) is 12.6. The van der Waals surface area contributed by atoms with E-state index in [2.05, 4.69) is 4.74 Å².